The van der Waals surface area contributed by atoms with Crippen molar-refractivity contribution in [2.75, 3.05) is 0 Å². The summed E-state index contributed by atoms with van der Waals surface area (Å²) in [7, 11) is -1.80. The molecule has 2 aromatic rings. The van der Waals surface area contributed by atoms with Crippen LogP contribution in [0.15, 0.2) is 24.4 Å². The molecule has 0 aromatic carbocycles. The minimum Gasteiger partial charge on any atom is -0.408 e. The summed E-state index contributed by atoms with van der Waals surface area (Å²) in [5.74, 6) is 0. The number of aromatic nitrogens is 3. The van der Waals surface area contributed by atoms with E-state index in [4.69, 9.17) is 4.43 Å². The molecule has 0 spiro atoms. The van der Waals surface area contributed by atoms with Crippen molar-refractivity contribution in [1.82, 2.24) is 15.2 Å². The van der Waals surface area contributed by atoms with Crippen LogP contribution in [0.2, 0.25) is 18.1 Å². The van der Waals surface area contributed by atoms with E-state index in [1.165, 1.54) is 0 Å². The topological polar surface area (TPSA) is 47.9 Å². The molecule has 0 aliphatic rings. The lowest BCUT2D eigenvalue weighted by Gasteiger charge is -2.37. The van der Waals surface area contributed by atoms with Gasteiger partial charge in [0.25, 0.3) is 0 Å². The second-order valence-corrected chi connectivity index (χ2v) is 12.4. The van der Waals surface area contributed by atoms with Gasteiger partial charge in [-0.05, 0) is 37.2 Å². The second kappa shape index (κ2) is 5.94. The molecular weight excluding hydrogens is 298 g/mol. The highest BCUT2D eigenvalue weighted by Gasteiger charge is 2.39. The van der Waals surface area contributed by atoms with Gasteiger partial charge in [0.1, 0.15) is 10.7 Å². The number of pyridine rings is 1. The summed E-state index contributed by atoms with van der Waals surface area (Å²) in [5, 5.41) is 10.5. The van der Waals surface area contributed by atoms with Gasteiger partial charge < -0.3 is 4.43 Å². The smallest absolute Gasteiger partial charge is 0.193 e. The van der Waals surface area contributed by atoms with E-state index >= 15 is 0 Å². The van der Waals surface area contributed by atoms with Gasteiger partial charge in [-0.1, -0.05) is 38.2 Å². The molecule has 2 heterocycles. The fourth-order valence-corrected chi connectivity index (χ4v) is 3.90. The molecule has 0 fully saturated rings. The molecule has 0 saturated carbocycles. The van der Waals surface area contributed by atoms with Crippen LogP contribution < -0.4 is 0 Å². The van der Waals surface area contributed by atoms with E-state index in [0.717, 1.165) is 15.7 Å². The predicted molar refractivity (Wildman–Crippen MR) is 89.8 cm³/mol. The van der Waals surface area contributed by atoms with Crippen LogP contribution >= 0.6 is 11.3 Å². The minimum atomic E-state index is -1.80. The number of hydrogen-bond acceptors (Lipinski definition) is 5. The Morgan fingerprint density at radius 3 is 2.48 bits per heavy atom. The van der Waals surface area contributed by atoms with E-state index in [9.17, 15) is 0 Å². The SMILES string of the molecule is C[C@@H](O[Si](C)(C)C(C)(C)C)c1nnc(-c2ccccn2)s1. The van der Waals surface area contributed by atoms with Crippen molar-refractivity contribution in [2.45, 2.75) is 51.9 Å². The Morgan fingerprint density at radius 2 is 1.90 bits per heavy atom. The molecule has 0 amide bonds. The third-order valence-electron chi connectivity index (χ3n) is 3.95. The van der Waals surface area contributed by atoms with Crippen LogP contribution in [0.4, 0.5) is 0 Å². The summed E-state index contributed by atoms with van der Waals surface area (Å²) >= 11 is 1.56. The van der Waals surface area contributed by atoms with Crippen LogP contribution in [-0.2, 0) is 4.43 Å². The molecule has 2 rings (SSSR count). The fraction of sp³-hybridized carbons (Fsp3) is 0.533. The first-order chi connectivity index (χ1) is 9.71. The van der Waals surface area contributed by atoms with E-state index in [1.54, 1.807) is 17.5 Å². The zero-order chi connectivity index (χ0) is 15.7. The van der Waals surface area contributed by atoms with E-state index in [1.807, 2.05) is 18.2 Å². The van der Waals surface area contributed by atoms with Crippen LogP contribution in [-0.4, -0.2) is 23.5 Å². The molecule has 0 aliphatic heterocycles. The fourth-order valence-electron chi connectivity index (χ4n) is 1.66. The minimum absolute atomic E-state index is 0.0270. The van der Waals surface area contributed by atoms with Gasteiger partial charge in [0.15, 0.2) is 13.3 Å². The van der Waals surface area contributed by atoms with Gasteiger partial charge in [-0.25, -0.2) is 0 Å². The average Bonchev–Trinajstić information content (AvgIpc) is 2.87. The Hall–Kier alpha value is -1.11. The normalized spacial score (nSPS) is 14.2. The highest BCUT2D eigenvalue weighted by Crippen LogP contribution is 2.40. The highest BCUT2D eigenvalue weighted by molar-refractivity contribution is 7.14. The van der Waals surface area contributed by atoms with Gasteiger partial charge in [0.05, 0.1) is 6.10 Å². The number of nitrogens with zero attached hydrogens (tertiary/aromatic N) is 3. The van der Waals surface area contributed by atoms with Gasteiger partial charge in [-0.15, -0.1) is 10.2 Å². The highest BCUT2D eigenvalue weighted by atomic mass is 32.1. The van der Waals surface area contributed by atoms with Crippen molar-refractivity contribution >= 4 is 19.7 Å². The summed E-state index contributed by atoms with van der Waals surface area (Å²) in [5.41, 5.74) is 0.862. The van der Waals surface area contributed by atoms with Crippen LogP contribution in [0.5, 0.6) is 0 Å². The van der Waals surface area contributed by atoms with Gasteiger partial charge in [0.2, 0.25) is 0 Å². The van der Waals surface area contributed by atoms with E-state index in [2.05, 4.69) is 56.0 Å². The van der Waals surface area contributed by atoms with Gasteiger partial charge >= 0.3 is 0 Å². The molecule has 0 radical (unpaired) electrons. The lowest BCUT2D eigenvalue weighted by molar-refractivity contribution is 0.201. The monoisotopic (exact) mass is 321 g/mol. The Kier molecular flexibility index (Phi) is 4.60. The molecule has 6 heteroatoms. The lowest BCUT2D eigenvalue weighted by atomic mass is 10.2. The van der Waals surface area contributed by atoms with E-state index in [-0.39, 0.29) is 11.1 Å². The molecule has 2 aromatic heterocycles. The quantitative estimate of drug-likeness (QED) is 0.767. The summed E-state index contributed by atoms with van der Waals surface area (Å²) in [6.07, 6.45) is 1.74. The maximum atomic E-state index is 6.36. The Morgan fingerprint density at radius 1 is 1.19 bits per heavy atom. The van der Waals surface area contributed by atoms with Crippen molar-refractivity contribution in [2.24, 2.45) is 0 Å². The molecule has 4 nitrogen and oxygen atoms in total. The molecule has 21 heavy (non-hydrogen) atoms. The first-order valence-corrected chi connectivity index (χ1v) is 10.9. The second-order valence-electron chi connectivity index (χ2n) is 6.68. The molecule has 0 unspecified atom stereocenters. The summed E-state index contributed by atoms with van der Waals surface area (Å²) < 4.78 is 6.36. The van der Waals surface area contributed by atoms with Crippen LogP contribution in [0.3, 0.4) is 0 Å². The summed E-state index contributed by atoms with van der Waals surface area (Å²) in [6, 6.07) is 5.80. The lowest BCUT2D eigenvalue weighted by Crippen LogP contribution is -2.41. The van der Waals surface area contributed by atoms with Crippen LogP contribution in [0.25, 0.3) is 10.7 Å². The molecule has 114 valence electrons. The van der Waals surface area contributed by atoms with Crippen LogP contribution in [0, 0.1) is 0 Å². The van der Waals surface area contributed by atoms with Crippen molar-refractivity contribution in [1.29, 1.82) is 0 Å². The van der Waals surface area contributed by atoms with E-state index < -0.39 is 8.32 Å². The third-order valence-corrected chi connectivity index (χ3v) is 9.61. The molecular formula is C15H23N3OSSi. The summed E-state index contributed by atoms with van der Waals surface area (Å²) in [6.45, 7) is 13.3. The van der Waals surface area contributed by atoms with Crippen molar-refractivity contribution < 1.29 is 4.43 Å². The van der Waals surface area contributed by atoms with Gasteiger partial charge in [-0.2, -0.15) is 0 Å². The molecule has 0 bridgehead atoms. The number of hydrogen-bond donors (Lipinski definition) is 0. The van der Waals surface area contributed by atoms with Crippen molar-refractivity contribution in [3.05, 3.63) is 29.4 Å². The number of rotatable bonds is 4. The first kappa shape index (κ1) is 16.3. The van der Waals surface area contributed by atoms with Crippen LogP contribution in [0.1, 0.15) is 38.8 Å². The Bertz CT molecular complexity index is 592. The molecule has 0 N–H and O–H groups in total. The Balaban J connectivity index is 2.15. The third kappa shape index (κ3) is 3.75. The van der Waals surface area contributed by atoms with Gasteiger partial charge in [-0.3, -0.25) is 4.98 Å². The summed E-state index contributed by atoms with van der Waals surface area (Å²) in [4.78, 5) is 4.31. The zero-order valence-electron chi connectivity index (χ0n) is 13.5. The predicted octanol–water partition coefficient (Wildman–Crippen LogP) is 4.68. The van der Waals surface area contributed by atoms with Gasteiger partial charge in [0, 0.05) is 6.20 Å². The van der Waals surface area contributed by atoms with Crippen molar-refractivity contribution in [3.63, 3.8) is 0 Å². The first-order valence-electron chi connectivity index (χ1n) is 7.13. The van der Waals surface area contributed by atoms with Crippen molar-refractivity contribution in [3.8, 4) is 10.7 Å². The standard InChI is InChI=1S/C15H23N3OSSi/c1-11(19-21(5,6)15(2,3)4)13-17-18-14(20-13)12-9-7-8-10-16-12/h7-11H,1-6H3/t11-/m1/s1. The Labute approximate surface area is 131 Å². The molecule has 1 atom stereocenters. The zero-order valence-corrected chi connectivity index (χ0v) is 15.4. The largest absolute Gasteiger partial charge is 0.408 e. The molecule has 0 saturated heterocycles. The maximum Gasteiger partial charge on any atom is 0.193 e. The van der Waals surface area contributed by atoms with E-state index in [0.29, 0.717) is 0 Å². The average molecular weight is 322 g/mol. The maximum absolute atomic E-state index is 6.36. The molecule has 0 aliphatic carbocycles.